The van der Waals surface area contributed by atoms with E-state index < -0.39 is 0 Å². The number of nitrogen functional groups attached to an aromatic ring is 1. The molecular weight excluding hydrogens is 216 g/mol. The van der Waals surface area contributed by atoms with E-state index in [-0.39, 0.29) is 0 Å². The third-order valence-corrected chi connectivity index (χ3v) is 2.29. The Hall–Kier alpha value is -2.30. The van der Waals surface area contributed by atoms with Gasteiger partial charge in [-0.2, -0.15) is 0 Å². The minimum atomic E-state index is 0.522. The summed E-state index contributed by atoms with van der Waals surface area (Å²) < 4.78 is 5.55. The molecule has 1 heterocycles. The summed E-state index contributed by atoms with van der Waals surface area (Å²) >= 11 is 0. The molecule has 0 bridgehead atoms. The van der Waals surface area contributed by atoms with Crippen LogP contribution in [-0.4, -0.2) is 17.9 Å². The van der Waals surface area contributed by atoms with Crippen LogP contribution in [0.5, 0.6) is 5.75 Å². The van der Waals surface area contributed by atoms with Crippen molar-refractivity contribution in [2.75, 3.05) is 12.3 Å². The second-order valence-corrected chi connectivity index (χ2v) is 3.47. The lowest BCUT2D eigenvalue weighted by molar-refractivity contribution is 0.344. The van der Waals surface area contributed by atoms with Crippen LogP contribution in [0.1, 0.15) is 6.92 Å². The van der Waals surface area contributed by atoms with Crippen molar-refractivity contribution in [2.24, 2.45) is 10.7 Å². The van der Waals surface area contributed by atoms with Gasteiger partial charge in [0.2, 0.25) is 0 Å². The minimum absolute atomic E-state index is 0.522. The van der Waals surface area contributed by atoms with Crippen LogP contribution in [0.15, 0.2) is 29.3 Å². The van der Waals surface area contributed by atoms with Gasteiger partial charge in [-0.1, -0.05) is 0 Å². The summed E-state index contributed by atoms with van der Waals surface area (Å²) in [5.41, 5.74) is 12.5. The normalized spacial score (nSPS) is 11.1. The molecule has 0 amide bonds. The molecule has 0 saturated heterocycles. The highest BCUT2D eigenvalue weighted by Gasteiger charge is 2.06. The maximum Gasteiger partial charge on any atom is 0.157 e. The van der Waals surface area contributed by atoms with Gasteiger partial charge >= 0.3 is 0 Å². The molecule has 0 aliphatic heterocycles. The number of hydrogen-bond donors (Lipinski definition) is 2. The zero-order valence-electron chi connectivity index (χ0n) is 9.55. The molecule has 4 N–H and O–H groups in total. The van der Waals surface area contributed by atoms with Gasteiger partial charge in [-0.3, -0.25) is 0 Å². The van der Waals surface area contributed by atoms with Crippen molar-refractivity contribution in [3.05, 3.63) is 24.3 Å². The Morgan fingerprint density at radius 3 is 2.94 bits per heavy atom. The van der Waals surface area contributed by atoms with Gasteiger partial charge in [0.1, 0.15) is 5.75 Å². The minimum Gasteiger partial charge on any atom is -0.493 e. The fourth-order valence-electron chi connectivity index (χ4n) is 1.62. The van der Waals surface area contributed by atoms with Crippen LogP contribution in [0.4, 0.5) is 11.5 Å². The fraction of sp³-hybridized carbons (Fsp3) is 0.167. The topological polar surface area (TPSA) is 86.5 Å². The first-order valence-electron chi connectivity index (χ1n) is 5.32. The zero-order valence-corrected chi connectivity index (χ0v) is 9.55. The average Bonchev–Trinajstić information content (AvgIpc) is 2.31. The summed E-state index contributed by atoms with van der Waals surface area (Å²) in [6.45, 7) is 2.49. The van der Waals surface area contributed by atoms with Crippen molar-refractivity contribution < 1.29 is 4.74 Å². The summed E-state index contributed by atoms with van der Waals surface area (Å²) in [6.07, 6.45) is 1.21. The predicted octanol–water partition coefficient (Wildman–Crippen LogP) is 1.83. The van der Waals surface area contributed by atoms with Gasteiger partial charge in [0.25, 0.3) is 0 Å². The van der Waals surface area contributed by atoms with E-state index in [0.29, 0.717) is 23.9 Å². The van der Waals surface area contributed by atoms with E-state index in [1.165, 1.54) is 6.34 Å². The quantitative estimate of drug-likeness (QED) is 0.478. The van der Waals surface area contributed by atoms with Crippen molar-refractivity contribution in [1.82, 2.24) is 4.98 Å². The summed E-state index contributed by atoms with van der Waals surface area (Å²) in [7, 11) is 0. The van der Waals surface area contributed by atoms with Crippen molar-refractivity contribution in [3.63, 3.8) is 0 Å². The Bertz CT molecular complexity index is 566. The van der Waals surface area contributed by atoms with Gasteiger partial charge in [0, 0.05) is 17.1 Å². The van der Waals surface area contributed by atoms with Gasteiger partial charge < -0.3 is 16.2 Å². The molecule has 88 valence electrons. The molecule has 5 heteroatoms. The number of hydrogen-bond acceptors (Lipinski definition) is 4. The first kappa shape index (κ1) is 11.2. The van der Waals surface area contributed by atoms with Crippen LogP contribution in [0, 0.1) is 0 Å². The maximum absolute atomic E-state index is 5.75. The second kappa shape index (κ2) is 4.69. The lowest BCUT2D eigenvalue weighted by atomic mass is 10.2. The molecule has 0 radical (unpaired) electrons. The molecule has 0 unspecified atom stereocenters. The van der Waals surface area contributed by atoms with E-state index >= 15 is 0 Å². The van der Waals surface area contributed by atoms with Crippen molar-refractivity contribution in [2.45, 2.75) is 6.92 Å². The molecule has 0 saturated carbocycles. The van der Waals surface area contributed by atoms with E-state index in [1.54, 1.807) is 12.1 Å². The van der Waals surface area contributed by atoms with Crippen LogP contribution in [0.2, 0.25) is 0 Å². The molecule has 1 aromatic heterocycles. The highest BCUT2D eigenvalue weighted by atomic mass is 16.5. The van der Waals surface area contributed by atoms with Crippen LogP contribution >= 0.6 is 0 Å². The van der Waals surface area contributed by atoms with Crippen molar-refractivity contribution >= 4 is 28.7 Å². The lowest BCUT2D eigenvalue weighted by Gasteiger charge is -2.08. The summed E-state index contributed by atoms with van der Waals surface area (Å²) in [5.74, 6) is 1.23. The number of aromatic nitrogens is 1. The van der Waals surface area contributed by atoms with Crippen LogP contribution in [0.3, 0.4) is 0 Å². The molecule has 0 spiro atoms. The van der Waals surface area contributed by atoms with Crippen LogP contribution in [0.25, 0.3) is 10.9 Å². The van der Waals surface area contributed by atoms with E-state index in [0.717, 1.165) is 10.9 Å². The molecular formula is C12H14N4O. The number of aliphatic imine (C=N–C) groups is 1. The highest BCUT2D eigenvalue weighted by molar-refractivity contribution is 5.89. The number of pyridine rings is 1. The van der Waals surface area contributed by atoms with Gasteiger partial charge in [-0.15, -0.1) is 0 Å². The molecule has 0 aliphatic carbocycles. The van der Waals surface area contributed by atoms with Gasteiger partial charge in [0.15, 0.2) is 5.82 Å². The molecule has 1 aromatic carbocycles. The van der Waals surface area contributed by atoms with Gasteiger partial charge in [0.05, 0.1) is 18.5 Å². The van der Waals surface area contributed by atoms with E-state index in [4.69, 9.17) is 16.2 Å². The summed E-state index contributed by atoms with van der Waals surface area (Å²) in [5, 5.41) is 0.878. The number of fused-ring (bicyclic) bond motifs is 1. The molecule has 0 aliphatic rings. The number of benzene rings is 1. The Morgan fingerprint density at radius 2 is 2.24 bits per heavy atom. The number of nitrogens with zero attached hydrogens (tertiary/aromatic N) is 2. The third-order valence-electron chi connectivity index (χ3n) is 2.29. The first-order chi connectivity index (χ1) is 8.24. The smallest absolute Gasteiger partial charge is 0.157 e. The molecule has 0 atom stereocenters. The van der Waals surface area contributed by atoms with E-state index in [2.05, 4.69) is 9.98 Å². The van der Waals surface area contributed by atoms with Crippen molar-refractivity contribution in [3.8, 4) is 5.75 Å². The lowest BCUT2D eigenvalue weighted by Crippen LogP contribution is -1.95. The Labute approximate surface area is 99.1 Å². The SMILES string of the molecule is CCOc1cc(N=CN)nc2ccc(N)cc12. The Morgan fingerprint density at radius 1 is 1.41 bits per heavy atom. The van der Waals surface area contributed by atoms with Crippen LogP contribution in [-0.2, 0) is 0 Å². The number of nitrogens with two attached hydrogens (primary N) is 2. The summed E-state index contributed by atoms with van der Waals surface area (Å²) in [4.78, 5) is 8.29. The number of ether oxygens (including phenoxy) is 1. The standard InChI is InChI=1S/C12H14N4O/c1-2-17-11-6-12(15-7-13)16-10-4-3-8(14)5-9(10)11/h3-7H,2,14H2,1H3,(H2,13,15,16). The highest BCUT2D eigenvalue weighted by Crippen LogP contribution is 2.30. The Kier molecular flexibility index (Phi) is 3.09. The van der Waals surface area contributed by atoms with Crippen molar-refractivity contribution in [1.29, 1.82) is 0 Å². The predicted molar refractivity (Wildman–Crippen MR) is 69.7 cm³/mol. The first-order valence-corrected chi connectivity index (χ1v) is 5.32. The zero-order chi connectivity index (χ0) is 12.3. The third kappa shape index (κ3) is 2.28. The Balaban J connectivity index is 2.67. The van der Waals surface area contributed by atoms with E-state index in [9.17, 15) is 0 Å². The van der Waals surface area contributed by atoms with Gasteiger partial charge in [-0.05, 0) is 25.1 Å². The largest absolute Gasteiger partial charge is 0.493 e. The summed E-state index contributed by atoms with van der Waals surface area (Å²) in [6, 6.07) is 7.21. The maximum atomic E-state index is 5.75. The molecule has 17 heavy (non-hydrogen) atoms. The number of rotatable bonds is 3. The molecule has 5 nitrogen and oxygen atoms in total. The van der Waals surface area contributed by atoms with Gasteiger partial charge in [-0.25, -0.2) is 9.98 Å². The second-order valence-electron chi connectivity index (χ2n) is 3.47. The van der Waals surface area contributed by atoms with Crippen LogP contribution < -0.4 is 16.2 Å². The number of anilines is 1. The molecule has 2 aromatic rings. The fourth-order valence-corrected chi connectivity index (χ4v) is 1.62. The monoisotopic (exact) mass is 230 g/mol. The molecule has 2 rings (SSSR count). The molecule has 0 fully saturated rings. The average molecular weight is 230 g/mol. The van der Waals surface area contributed by atoms with E-state index in [1.807, 2.05) is 19.1 Å².